The number of carbonyl (C=O) groups is 2. The smallest absolute Gasteiger partial charge is 0.255 e. The van der Waals surface area contributed by atoms with Gasteiger partial charge in [-0.05, 0) is 43.3 Å². The predicted molar refractivity (Wildman–Crippen MR) is 118 cm³/mol. The number of anilines is 2. The first-order valence-electron chi connectivity index (χ1n) is 10.0. The molecule has 0 aliphatic carbocycles. The second-order valence-corrected chi connectivity index (χ2v) is 7.37. The number of hydrogen-bond donors (Lipinski definition) is 1. The van der Waals surface area contributed by atoms with Crippen LogP contribution >= 0.6 is 0 Å². The van der Waals surface area contributed by atoms with Gasteiger partial charge in [0.1, 0.15) is 5.82 Å². The molecule has 1 aliphatic heterocycles. The second kappa shape index (κ2) is 8.78. The number of amides is 2. The van der Waals surface area contributed by atoms with E-state index in [0.29, 0.717) is 24.3 Å². The Hall–Kier alpha value is -3.67. The monoisotopic (exact) mass is 400 g/mol. The second-order valence-electron chi connectivity index (χ2n) is 7.37. The van der Waals surface area contributed by atoms with E-state index in [1.54, 1.807) is 18.3 Å². The molecule has 3 aromatic rings. The van der Waals surface area contributed by atoms with Crippen LogP contribution in [0.4, 0.5) is 11.5 Å². The highest BCUT2D eigenvalue weighted by molar-refractivity contribution is 6.04. The SMILES string of the molecule is Cc1ccc(C(=O)N2CCN(c3ccc(NC(=O)c4ccccc4)cn3)CC2)cc1. The molecular formula is C24H24N4O2. The molecule has 30 heavy (non-hydrogen) atoms. The summed E-state index contributed by atoms with van der Waals surface area (Å²) in [5, 5.41) is 2.86. The molecule has 0 spiro atoms. The zero-order valence-electron chi connectivity index (χ0n) is 16.9. The van der Waals surface area contributed by atoms with Crippen LogP contribution < -0.4 is 10.2 Å². The molecule has 0 radical (unpaired) electrons. The molecule has 0 bridgehead atoms. The van der Waals surface area contributed by atoms with Crippen molar-refractivity contribution in [1.29, 1.82) is 0 Å². The van der Waals surface area contributed by atoms with Gasteiger partial charge in [0.2, 0.25) is 0 Å². The molecule has 1 N–H and O–H groups in total. The number of hydrogen-bond acceptors (Lipinski definition) is 4. The Morgan fingerprint density at radius 2 is 1.53 bits per heavy atom. The predicted octanol–water partition coefficient (Wildman–Crippen LogP) is 3.60. The lowest BCUT2D eigenvalue weighted by molar-refractivity contribution is 0.0746. The molecule has 1 fully saturated rings. The largest absolute Gasteiger partial charge is 0.353 e. The average molecular weight is 400 g/mol. The number of nitrogens with zero attached hydrogens (tertiary/aromatic N) is 3. The summed E-state index contributed by atoms with van der Waals surface area (Å²) in [5.74, 6) is 0.755. The number of pyridine rings is 1. The Morgan fingerprint density at radius 1 is 0.833 bits per heavy atom. The highest BCUT2D eigenvalue weighted by Gasteiger charge is 2.22. The van der Waals surface area contributed by atoms with Gasteiger partial charge >= 0.3 is 0 Å². The number of aromatic nitrogens is 1. The summed E-state index contributed by atoms with van der Waals surface area (Å²) >= 11 is 0. The molecule has 4 rings (SSSR count). The number of benzene rings is 2. The molecule has 6 nitrogen and oxygen atoms in total. The summed E-state index contributed by atoms with van der Waals surface area (Å²) < 4.78 is 0. The molecule has 1 aliphatic rings. The van der Waals surface area contributed by atoms with Crippen molar-refractivity contribution in [3.8, 4) is 0 Å². The van der Waals surface area contributed by atoms with Crippen LogP contribution in [0.2, 0.25) is 0 Å². The van der Waals surface area contributed by atoms with Crippen molar-refractivity contribution in [3.63, 3.8) is 0 Å². The Morgan fingerprint density at radius 3 is 2.17 bits per heavy atom. The van der Waals surface area contributed by atoms with Crippen molar-refractivity contribution >= 4 is 23.3 Å². The number of piperazine rings is 1. The van der Waals surface area contributed by atoms with Gasteiger partial charge in [0.05, 0.1) is 11.9 Å². The van der Waals surface area contributed by atoms with Crippen molar-refractivity contribution < 1.29 is 9.59 Å². The van der Waals surface area contributed by atoms with Crippen LogP contribution in [0.15, 0.2) is 72.9 Å². The lowest BCUT2D eigenvalue weighted by Gasteiger charge is -2.35. The van der Waals surface area contributed by atoms with E-state index in [9.17, 15) is 9.59 Å². The summed E-state index contributed by atoms with van der Waals surface area (Å²) in [6, 6.07) is 20.5. The molecule has 152 valence electrons. The molecule has 0 atom stereocenters. The lowest BCUT2D eigenvalue weighted by atomic mass is 10.1. The van der Waals surface area contributed by atoms with Crippen LogP contribution in [0.1, 0.15) is 26.3 Å². The minimum absolute atomic E-state index is 0.0709. The number of carbonyl (C=O) groups excluding carboxylic acids is 2. The van der Waals surface area contributed by atoms with Gasteiger partial charge in [-0.1, -0.05) is 35.9 Å². The van der Waals surface area contributed by atoms with E-state index >= 15 is 0 Å². The minimum Gasteiger partial charge on any atom is -0.353 e. The van der Waals surface area contributed by atoms with Crippen molar-refractivity contribution in [2.45, 2.75) is 6.92 Å². The quantitative estimate of drug-likeness (QED) is 0.727. The fourth-order valence-corrected chi connectivity index (χ4v) is 3.46. The maximum Gasteiger partial charge on any atom is 0.255 e. The summed E-state index contributed by atoms with van der Waals surface area (Å²) in [6.07, 6.45) is 1.67. The molecule has 2 amide bonds. The van der Waals surface area contributed by atoms with Crippen LogP contribution in [0.5, 0.6) is 0 Å². The molecule has 1 saturated heterocycles. The number of nitrogens with one attached hydrogen (secondary N) is 1. The lowest BCUT2D eigenvalue weighted by Crippen LogP contribution is -2.49. The van der Waals surface area contributed by atoms with Crippen LogP contribution in [-0.4, -0.2) is 47.9 Å². The normalized spacial score (nSPS) is 13.8. The van der Waals surface area contributed by atoms with E-state index < -0.39 is 0 Å². The molecule has 1 aromatic heterocycles. The Bertz CT molecular complexity index is 1010. The van der Waals surface area contributed by atoms with Crippen molar-refractivity contribution in [1.82, 2.24) is 9.88 Å². The van der Waals surface area contributed by atoms with Crippen LogP contribution in [0, 0.1) is 6.92 Å². The summed E-state index contributed by atoms with van der Waals surface area (Å²) in [4.78, 5) is 33.5. The molecule has 0 unspecified atom stereocenters. The van der Waals surface area contributed by atoms with E-state index in [1.807, 2.05) is 66.4 Å². The highest BCUT2D eigenvalue weighted by atomic mass is 16.2. The Balaban J connectivity index is 1.33. The van der Waals surface area contributed by atoms with E-state index in [-0.39, 0.29) is 11.8 Å². The number of rotatable bonds is 4. The molecular weight excluding hydrogens is 376 g/mol. The fourth-order valence-electron chi connectivity index (χ4n) is 3.46. The van der Waals surface area contributed by atoms with Gasteiger partial charge in [-0.3, -0.25) is 9.59 Å². The van der Waals surface area contributed by atoms with E-state index in [2.05, 4.69) is 15.2 Å². The third-order valence-electron chi connectivity index (χ3n) is 5.23. The van der Waals surface area contributed by atoms with Gasteiger partial charge in [-0.15, -0.1) is 0 Å². The van der Waals surface area contributed by atoms with Gasteiger partial charge in [-0.2, -0.15) is 0 Å². The van der Waals surface area contributed by atoms with Crippen LogP contribution in [-0.2, 0) is 0 Å². The summed E-state index contributed by atoms with van der Waals surface area (Å²) in [6.45, 7) is 4.76. The van der Waals surface area contributed by atoms with Crippen LogP contribution in [0.25, 0.3) is 0 Å². The van der Waals surface area contributed by atoms with Crippen molar-refractivity contribution in [3.05, 3.63) is 89.6 Å². The number of aryl methyl sites for hydroxylation is 1. The topological polar surface area (TPSA) is 65.5 Å². The molecule has 6 heteroatoms. The van der Waals surface area contributed by atoms with Crippen molar-refractivity contribution in [2.24, 2.45) is 0 Å². The molecule has 2 heterocycles. The van der Waals surface area contributed by atoms with Gasteiger partial charge in [0, 0.05) is 37.3 Å². The maximum atomic E-state index is 12.7. The third-order valence-corrected chi connectivity index (χ3v) is 5.23. The first-order valence-corrected chi connectivity index (χ1v) is 10.0. The van der Waals surface area contributed by atoms with Crippen LogP contribution in [0.3, 0.4) is 0 Å². The zero-order chi connectivity index (χ0) is 20.9. The Labute approximate surface area is 176 Å². The Kier molecular flexibility index (Phi) is 5.75. The van der Waals surface area contributed by atoms with Gasteiger partial charge in [-0.25, -0.2) is 4.98 Å². The molecule has 0 saturated carbocycles. The first-order chi connectivity index (χ1) is 14.6. The standard InChI is InChI=1S/C24H24N4O2/c1-18-7-9-20(10-8-18)24(30)28-15-13-27(14-16-28)22-12-11-21(17-25-22)26-23(29)19-5-3-2-4-6-19/h2-12,17H,13-16H2,1H3,(H,26,29). The fraction of sp³-hybridized carbons (Fsp3) is 0.208. The third kappa shape index (κ3) is 4.49. The van der Waals surface area contributed by atoms with Gasteiger partial charge < -0.3 is 15.1 Å². The maximum absolute atomic E-state index is 12.7. The highest BCUT2D eigenvalue weighted by Crippen LogP contribution is 2.18. The van der Waals surface area contributed by atoms with E-state index in [4.69, 9.17) is 0 Å². The zero-order valence-corrected chi connectivity index (χ0v) is 16.9. The molecule has 2 aromatic carbocycles. The van der Waals surface area contributed by atoms with Crippen molar-refractivity contribution in [2.75, 3.05) is 36.4 Å². The van der Waals surface area contributed by atoms with Gasteiger partial charge in [0.25, 0.3) is 11.8 Å². The summed E-state index contributed by atoms with van der Waals surface area (Å²) in [7, 11) is 0. The first kappa shape index (κ1) is 19.6. The van der Waals surface area contributed by atoms with E-state index in [1.165, 1.54) is 0 Å². The van der Waals surface area contributed by atoms with Gasteiger partial charge in [0.15, 0.2) is 0 Å². The minimum atomic E-state index is -0.159. The van der Waals surface area contributed by atoms with E-state index in [0.717, 1.165) is 30.0 Å². The average Bonchev–Trinajstić information content (AvgIpc) is 2.80. The summed E-state index contributed by atoms with van der Waals surface area (Å²) in [5.41, 5.74) is 3.13.